The second-order valence-electron chi connectivity index (χ2n) is 4.66. The molecule has 1 heteroatoms. The van der Waals surface area contributed by atoms with Crippen molar-refractivity contribution in [2.24, 2.45) is 0 Å². The fraction of sp³-hybridized carbons (Fsp3) is 0. The molecule has 0 amide bonds. The van der Waals surface area contributed by atoms with Crippen LogP contribution >= 0.6 is 0 Å². The van der Waals surface area contributed by atoms with Crippen LogP contribution in [0.3, 0.4) is 0 Å². The number of allylic oxidation sites excluding steroid dienone is 6. The molecule has 0 aliphatic heterocycles. The monoisotopic (exact) mass is 286 g/mol. The van der Waals surface area contributed by atoms with Crippen molar-refractivity contribution in [1.82, 2.24) is 0 Å². The van der Waals surface area contributed by atoms with Crippen LogP contribution in [0.15, 0.2) is 97.1 Å². The Hall–Kier alpha value is -2.93. The minimum absolute atomic E-state index is 0.0320. The zero-order chi connectivity index (χ0) is 15.5. The van der Waals surface area contributed by atoms with Crippen LogP contribution in [-0.2, 0) is 4.79 Å². The number of ketones is 1. The van der Waals surface area contributed by atoms with Crippen molar-refractivity contribution in [2.45, 2.75) is 0 Å². The van der Waals surface area contributed by atoms with Gasteiger partial charge in [-0.25, -0.2) is 0 Å². The van der Waals surface area contributed by atoms with E-state index in [9.17, 15) is 4.79 Å². The molecular formula is C21H18O. The highest BCUT2D eigenvalue weighted by Gasteiger charge is 1.86. The summed E-state index contributed by atoms with van der Waals surface area (Å²) < 4.78 is 0. The van der Waals surface area contributed by atoms with Crippen LogP contribution in [-0.4, -0.2) is 5.78 Å². The number of carbonyl (C=O) groups excluding carboxylic acids is 1. The van der Waals surface area contributed by atoms with Gasteiger partial charge in [-0.2, -0.15) is 0 Å². The number of benzene rings is 2. The molecule has 0 saturated heterocycles. The maximum absolute atomic E-state index is 11.6. The minimum atomic E-state index is -0.0320. The second-order valence-corrected chi connectivity index (χ2v) is 4.66. The first-order chi connectivity index (χ1) is 10.8. The third-order valence-electron chi connectivity index (χ3n) is 2.92. The summed E-state index contributed by atoms with van der Waals surface area (Å²) in [7, 11) is 0. The molecule has 0 heterocycles. The molecule has 22 heavy (non-hydrogen) atoms. The molecule has 0 spiro atoms. The lowest BCUT2D eigenvalue weighted by Crippen LogP contribution is -1.82. The van der Waals surface area contributed by atoms with Crippen molar-refractivity contribution in [1.29, 1.82) is 0 Å². The zero-order valence-electron chi connectivity index (χ0n) is 12.3. The highest BCUT2D eigenvalue weighted by molar-refractivity contribution is 5.99. The van der Waals surface area contributed by atoms with Crippen LogP contribution in [0, 0.1) is 0 Å². The topological polar surface area (TPSA) is 17.1 Å². The molecule has 0 atom stereocenters. The smallest absolute Gasteiger partial charge is 0.178 e. The fourth-order valence-electron chi connectivity index (χ4n) is 1.82. The second kappa shape index (κ2) is 9.09. The molecule has 2 aromatic rings. The van der Waals surface area contributed by atoms with E-state index in [4.69, 9.17) is 0 Å². The molecule has 0 unspecified atom stereocenters. The Bertz CT molecular complexity index is 628. The molecule has 0 aliphatic rings. The van der Waals surface area contributed by atoms with E-state index in [1.807, 2.05) is 85.0 Å². The normalized spacial score (nSPS) is 12.0. The van der Waals surface area contributed by atoms with Crippen molar-refractivity contribution in [3.8, 4) is 0 Å². The van der Waals surface area contributed by atoms with E-state index in [1.54, 1.807) is 24.3 Å². The van der Waals surface area contributed by atoms with Gasteiger partial charge in [0, 0.05) is 0 Å². The van der Waals surface area contributed by atoms with Gasteiger partial charge < -0.3 is 0 Å². The van der Waals surface area contributed by atoms with Crippen molar-refractivity contribution in [3.63, 3.8) is 0 Å². The highest BCUT2D eigenvalue weighted by atomic mass is 16.1. The van der Waals surface area contributed by atoms with Crippen LogP contribution in [0.5, 0.6) is 0 Å². The molecule has 0 aliphatic carbocycles. The van der Waals surface area contributed by atoms with Crippen molar-refractivity contribution in [2.75, 3.05) is 0 Å². The fourth-order valence-corrected chi connectivity index (χ4v) is 1.82. The predicted octanol–water partition coefficient (Wildman–Crippen LogP) is 5.09. The van der Waals surface area contributed by atoms with Crippen molar-refractivity contribution >= 4 is 17.9 Å². The number of hydrogen-bond acceptors (Lipinski definition) is 1. The van der Waals surface area contributed by atoms with Gasteiger partial charge in [-0.1, -0.05) is 97.1 Å². The first-order valence-corrected chi connectivity index (χ1v) is 7.18. The van der Waals surface area contributed by atoms with Crippen molar-refractivity contribution in [3.05, 3.63) is 108 Å². The third-order valence-corrected chi connectivity index (χ3v) is 2.92. The first kappa shape index (κ1) is 15.5. The lowest BCUT2D eigenvalue weighted by Gasteiger charge is -1.88. The van der Waals surface area contributed by atoms with E-state index in [1.165, 1.54) is 0 Å². The van der Waals surface area contributed by atoms with Gasteiger partial charge in [0.15, 0.2) is 5.78 Å². The minimum Gasteiger partial charge on any atom is -0.290 e. The van der Waals surface area contributed by atoms with Gasteiger partial charge >= 0.3 is 0 Å². The summed E-state index contributed by atoms with van der Waals surface area (Å²) in [5.74, 6) is -0.0320. The van der Waals surface area contributed by atoms with E-state index >= 15 is 0 Å². The van der Waals surface area contributed by atoms with E-state index in [0.29, 0.717) is 0 Å². The molecule has 0 N–H and O–H groups in total. The summed E-state index contributed by atoms with van der Waals surface area (Å²) in [6.45, 7) is 0. The van der Waals surface area contributed by atoms with Gasteiger partial charge in [0.2, 0.25) is 0 Å². The SMILES string of the molecule is O=C(C=C/C=C/c1ccccc1)C=C/C=C/c1ccccc1. The lowest BCUT2D eigenvalue weighted by atomic mass is 10.2. The van der Waals surface area contributed by atoms with Crippen LogP contribution in [0.4, 0.5) is 0 Å². The summed E-state index contributed by atoms with van der Waals surface area (Å²) >= 11 is 0. The maximum Gasteiger partial charge on any atom is 0.178 e. The standard InChI is InChI=1S/C21H18O/c22-21(17-9-7-15-19-11-3-1-4-12-19)18-10-8-16-20-13-5-2-6-14-20/h1-18H/b15-7+,16-8+,17-9?,18-10?. The Morgan fingerprint density at radius 2 is 1.00 bits per heavy atom. The van der Waals surface area contributed by atoms with E-state index < -0.39 is 0 Å². The van der Waals surface area contributed by atoms with Crippen molar-refractivity contribution < 1.29 is 4.79 Å². The van der Waals surface area contributed by atoms with Gasteiger partial charge in [-0.3, -0.25) is 4.79 Å². The van der Waals surface area contributed by atoms with E-state index in [0.717, 1.165) is 11.1 Å². The van der Waals surface area contributed by atoms with Crippen LogP contribution in [0.1, 0.15) is 11.1 Å². The van der Waals surface area contributed by atoms with Gasteiger partial charge in [0.1, 0.15) is 0 Å². The Morgan fingerprint density at radius 1 is 0.591 bits per heavy atom. The Balaban J connectivity index is 1.80. The molecule has 1 nitrogen and oxygen atoms in total. The molecule has 0 saturated carbocycles. The summed E-state index contributed by atoms with van der Waals surface area (Å²) in [6.07, 6.45) is 14.2. The number of carbonyl (C=O) groups is 1. The molecule has 108 valence electrons. The average Bonchev–Trinajstić information content (AvgIpc) is 2.57. The highest BCUT2D eigenvalue weighted by Crippen LogP contribution is 2.02. The van der Waals surface area contributed by atoms with Gasteiger partial charge in [-0.15, -0.1) is 0 Å². The Labute approximate surface area is 131 Å². The molecule has 0 bridgehead atoms. The molecule has 0 aromatic heterocycles. The van der Waals surface area contributed by atoms with Crippen LogP contribution in [0.2, 0.25) is 0 Å². The number of hydrogen-bond donors (Lipinski definition) is 0. The Morgan fingerprint density at radius 3 is 1.41 bits per heavy atom. The number of rotatable bonds is 6. The average molecular weight is 286 g/mol. The van der Waals surface area contributed by atoms with Crippen LogP contribution in [0.25, 0.3) is 12.2 Å². The summed E-state index contributed by atoms with van der Waals surface area (Å²) in [4.78, 5) is 11.6. The summed E-state index contributed by atoms with van der Waals surface area (Å²) in [6, 6.07) is 19.9. The Kier molecular flexibility index (Phi) is 6.39. The van der Waals surface area contributed by atoms with E-state index in [2.05, 4.69) is 0 Å². The van der Waals surface area contributed by atoms with Gasteiger partial charge in [0.25, 0.3) is 0 Å². The molecule has 2 rings (SSSR count). The van der Waals surface area contributed by atoms with E-state index in [-0.39, 0.29) is 5.78 Å². The summed E-state index contributed by atoms with van der Waals surface area (Å²) in [5, 5.41) is 0. The largest absolute Gasteiger partial charge is 0.290 e. The third kappa shape index (κ3) is 6.02. The van der Waals surface area contributed by atoms with Gasteiger partial charge in [-0.05, 0) is 23.3 Å². The molecular weight excluding hydrogens is 268 g/mol. The molecule has 0 radical (unpaired) electrons. The quantitative estimate of drug-likeness (QED) is 0.533. The zero-order valence-corrected chi connectivity index (χ0v) is 12.3. The predicted molar refractivity (Wildman–Crippen MR) is 94.2 cm³/mol. The first-order valence-electron chi connectivity index (χ1n) is 7.18. The lowest BCUT2D eigenvalue weighted by molar-refractivity contribution is -0.110. The summed E-state index contributed by atoms with van der Waals surface area (Å²) in [5.41, 5.74) is 2.22. The molecule has 0 fully saturated rings. The van der Waals surface area contributed by atoms with Crippen LogP contribution < -0.4 is 0 Å². The molecule has 2 aromatic carbocycles. The maximum atomic E-state index is 11.6. The van der Waals surface area contributed by atoms with Gasteiger partial charge in [0.05, 0.1) is 0 Å².